The monoisotopic (exact) mass is 229 g/mol. The molecular weight excluding hydrogens is 227 g/mol. The number of halogens is 4. The quantitative estimate of drug-likeness (QED) is 0.669. The molecule has 1 amide bonds. The van der Waals surface area contributed by atoms with Gasteiger partial charge in [-0.2, -0.15) is 13.2 Å². The van der Waals surface area contributed by atoms with Crippen molar-refractivity contribution in [3.63, 3.8) is 0 Å². The van der Waals surface area contributed by atoms with Crippen LogP contribution in [0.4, 0.5) is 13.2 Å². The first-order valence-corrected chi connectivity index (χ1v) is 3.21. The average Bonchev–Trinajstić information content (AvgIpc) is 1.83. The van der Waals surface area contributed by atoms with Crippen molar-refractivity contribution in [3.05, 3.63) is 0 Å². The second-order valence-electron chi connectivity index (χ2n) is 1.52. The highest BCUT2D eigenvalue weighted by atomic mass is 79.9. The van der Waals surface area contributed by atoms with Crippen molar-refractivity contribution >= 4 is 21.8 Å². The van der Waals surface area contributed by atoms with Gasteiger partial charge < -0.3 is 5.32 Å². The maximum absolute atomic E-state index is 11.4. The van der Waals surface area contributed by atoms with Crippen LogP contribution in [0.1, 0.15) is 0 Å². The number of hydrogen-bond acceptors (Lipinski definition) is 1. The first-order chi connectivity index (χ1) is 4.95. The molecule has 0 aliphatic carbocycles. The van der Waals surface area contributed by atoms with Gasteiger partial charge in [-0.25, -0.2) is 0 Å². The molecule has 0 aliphatic rings. The zero-order chi connectivity index (χ0) is 8.91. The van der Waals surface area contributed by atoms with Crippen LogP contribution in [0, 0.1) is 10.8 Å². The molecule has 0 aromatic carbocycles. The normalized spacial score (nSPS) is 9.82. The van der Waals surface area contributed by atoms with E-state index in [1.807, 2.05) is 10.8 Å². The van der Waals surface area contributed by atoms with E-state index in [1.54, 1.807) is 5.32 Å². The summed E-state index contributed by atoms with van der Waals surface area (Å²) in [5.41, 5.74) is 0. The summed E-state index contributed by atoms with van der Waals surface area (Å²) in [5.74, 6) is 0.876. The summed E-state index contributed by atoms with van der Waals surface area (Å²) in [7, 11) is 0. The fraction of sp³-hybridized carbons (Fsp3) is 0.400. The van der Waals surface area contributed by atoms with Crippen molar-refractivity contribution < 1.29 is 18.0 Å². The van der Waals surface area contributed by atoms with E-state index >= 15 is 0 Å². The van der Waals surface area contributed by atoms with Gasteiger partial charge in [-0.3, -0.25) is 4.79 Å². The maximum atomic E-state index is 11.4. The fourth-order valence-corrected chi connectivity index (χ4v) is 0.448. The van der Waals surface area contributed by atoms with E-state index in [0.717, 1.165) is 0 Å². The van der Waals surface area contributed by atoms with E-state index < -0.39 is 18.6 Å². The van der Waals surface area contributed by atoms with Crippen LogP contribution in [-0.4, -0.2) is 18.6 Å². The molecule has 0 saturated carbocycles. The predicted octanol–water partition coefficient (Wildman–Crippen LogP) is 1.02. The van der Waals surface area contributed by atoms with Gasteiger partial charge in [0.15, 0.2) is 0 Å². The Morgan fingerprint density at radius 3 is 2.45 bits per heavy atom. The Morgan fingerprint density at radius 2 is 2.09 bits per heavy atom. The summed E-state index contributed by atoms with van der Waals surface area (Å²) in [6, 6.07) is 0. The highest BCUT2D eigenvalue weighted by molar-refractivity contribution is 9.12. The molecule has 0 spiro atoms. The third-order valence-electron chi connectivity index (χ3n) is 0.610. The molecule has 0 fully saturated rings. The van der Waals surface area contributed by atoms with Gasteiger partial charge in [-0.15, -0.1) is 0 Å². The van der Waals surface area contributed by atoms with Gasteiger partial charge in [0.2, 0.25) is 0 Å². The Hall–Kier alpha value is -0.700. The molecule has 11 heavy (non-hydrogen) atoms. The maximum Gasteiger partial charge on any atom is 0.405 e. The minimum Gasteiger partial charge on any atom is -0.336 e. The molecule has 0 heterocycles. The minimum absolute atomic E-state index is 0.959. The van der Waals surface area contributed by atoms with Gasteiger partial charge in [-0.05, 0) is 4.83 Å². The Labute approximate surface area is 69.3 Å². The van der Waals surface area contributed by atoms with Gasteiger partial charge in [0, 0.05) is 21.9 Å². The summed E-state index contributed by atoms with van der Waals surface area (Å²) in [4.78, 5) is 12.3. The first-order valence-electron chi connectivity index (χ1n) is 2.42. The SMILES string of the molecule is O=C(C#CBr)NCC(F)(F)F. The number of alkyl halides is 3. The number of carbonyl (C=O) groups is 1. The molecule has 2 nitrogen and oxygen atoms in total. The van der Waals surface area contributed by atoms with Gasteiger partial charge >= 0.3 is 6.18 Å². The van der Waals surface area contributed by atoms with Crippen molar-refractivity contribution in [1.29, 1.82) is 0 Å². The first kappa shape index (κ1) is 10.3. The smallest absolute Gasteiger partial charge is 0.336 e. The van der Waals surface area contributed by atoms with Crippen LogP contribution in [0.15, 0.2) is 0 Å². The molecule has 0 radical (unpaired) electrons. The lowest BCUT2D eigenvalue weighted by Crippen LogP contribution is -2.32. The Balaban J connectivity index is 3.69. The molecule has 0 unspecified atom stereocenters. The van der Waals surface area contributed by atoms with Crippen molar-refractivity contribution in [2.75, 3.05) is 6.54 Å². The molecule has 62 valence electrons. The predicted molar refractivity (Wildman–Crippen MR) is 35.8 cm³/mol. The van der Waals surface area contributed by atoms with E-state index in [2.05, 4.69) is 15.9 Å². The van der Waals surface area contributed by atoms with Crippen molar-refractivity contribution in [2.24, 2.45) is 0 Å². The lowest BCUT2D eigenvalue weighted by molar-refractivity contribution is -0.135. The number of amides is 1. The number of rotatable bonds is 1. The molecule has 1 N–H and O–H groups in total. The summed E-state index contributed by atoms with van der Waals surface area (Å²) in [6.07, 6.45) is -4.39. The topological polar surface area (TPSA) is 29.1 Å². The van der Waals surface area contributed by atoms with Crippen LogP contribution < -0.4 is 5.32 Å². The third kappa shape index (κ3) is 7.19. The Morgan fingerprint density at radius 1 is 1.55 bits per heavy atom. The summed E-state index contributed by atoms with van der Waals surface area (Å²) in [5, 5.41) is 1.56. The van der Waals surface area contributed by atoms with Crippen LogP contribution in [0.3, 0.4) is 0 Å². The second kappa shape index (κ2) is 4.23. The molecule has 0 aromatic rings. The van der Waals surface area contributed by atoms with Crippen molar-refractivity contribution in [1.82, 2.24) is 5.32 Å². The minimum atomic E-state index is -4.39. The van der Waals surface area contributed by atoms with Crippen LogP contribution in [0.2, 0.25) is 0 Å². The molecule has 0 saturated heterocycles. The standard InChI is InChI=1S/C5H3BrF3NO/c6-2-1-4(11)10-3-5(7,8)9/h3H2,(H,10,11). The zero-order valence-corrected chi connectivity index (χ0v) is 6.71. The Bertz CT molecular complexity index is 202. The van der Waals surface area contributed by atoms with E-state index in [9.17, 15) is 18.0 Å². The summed E-state index contributed by atoms with van der Waals surface area (Å²) >= 11 is 2.57. The van der Waals surface area contributed by atoms with Crippen molar-refractivity contribution in [3.8, 4) is 10.8 Å². The van der Waals surface area contributed by atoms with Crippen LogP contribution in [0.5, 0.6) is 0 Å². The molecule has 0 aromatic heterocycles. The van der Waals surface area contributed by atoms with Crippen LogP contribution >= 0.6 is 15.9 Å². The van der Waals surface area contributed by atoms with Gasteiger partial charge in [0.1, 0.15) is 6.54 Å². The summed E-state index contributed by atoms with van der Waals surface area (Å²) < 4.78 is 34.1. The zero-order valence-electron chi connectivity index (χ0n) is 5.13. The van der Waals surface area contributed by atoms with E-state index in [-0.39, 0.29) is 0 Å². The lowest BCUT2D eigenvalue weighted by Gasteiger charge is -2.04. The van der Waals surface area contributed by atoms with Gasteiger partial charge in [-0.1, -0.05) is 0 Å². The molecule has 6 heteroatoms. The molecule has 0 aliphatic heterocycles. The van der Waals surface area contributed by atoms with Crippen LogP contribution in [-0.2, 0) is 4.79 Å². The van der Waals surface area contributed by atoms with Crippen LogP contribution in [0.25, 0.3) is 0 Å². The van der Waals surface area contributed by atoms with E-state index in [4.69, 9.17) is 0 Å². The second-order valence-corrected chi connectivity index (χ2v) is 1.91. The molecular formula is C5H3BrF3NO. The summed E-state index contributed by atoms with van der Waals surface area (Å²) in [6.45, 7) is -1.35. The van der Waals surface area contributed by atoms with E-state index in [1.165, 1.54) is 0 Å². The number of hydrogen-bond donors (Lipinski definition) is 1. The molecule has 0 rings (SSSR count). The largest absolute Gasteiger partial charge is 0.405 e. The highest BCUT2D eigenvalue weighted by Crippen LogP contribution is 2.11. The number of nitrogens with one attached hydrogen (secondary N) is 1. The average molecular weight is 230 g/mol. The Kier molecular flexibility index (Phi) is 3.97. The third-order valence-corrected chi connectivity index (χ3v) is 0.808. The lowest BCUT2D eigenvalue weighted by atomic mass is 10.5. The fourth-order valence-electron chi connectivity index (χ4n) is 0.268. The highest BCUT2D eigenvalue weighted by Gasteiger charge is 2.27. The van der Waals surface area contributed by atoms with Gasteiger partial charge in [0.25, 0.3) is 5.91 Å². The van der Waals surface area contributed by atoms with E-state index in [0.29, 0.717) is 0 Å². The van der Waals surface area contributed by atoms with Gasteiger partial charge in [0.05, 0.1) is 0 Å². The molecule has 0 atom stereocenters. The molecule has 0 bridgehead atoms. The van der Waals surface area contributed by atoms with Crippen molar-refractivity contribution in [2.45, 2.75) is 6.18 Å². The number of carbonyl (C=O) groups excluding carboxylic acids is 1.